The molecule has 0 atom stereocenters. The van der Waals surface area contributed by atoms with Gasteiger partial charge in [0.05, 0.1) is 17.8 Å². The molecule has 0 aromatic heterocycles. The number of hydrogen-bond donors (Lipinski definition) is 1. The molecule has 2 aromatic carbocycles. The zero-order valence-electron chi connectivity index (χ0n) is 13.4. The summed E-state index contributed by atoms with van der Waals surface area (Å²) in [6, 6.07) is 12.2. The molecule has 0 aliphatic carbocycles. The summed E-state index contributed by atoms with van der Waals surface area (Å²) in [4.78, 5) is -0.260. The summed E-state index contributed by atoms with van der Waals surface area (Å²) < 4.78 is 57.2. The van der Waals surface area contributed by atoms with Crippen LogP contribution in [0.2, 0.25) is 0 Å². The molecule has 0 unspecified atom stereocenters. The molecule has 1 N–H and O–H groups in total. The van der Waals surface area contributed by atoms with E-state index in [4.69, 9.17) is 4.74 Å². The number of benzene rings is 2. The summed E-state index contributed by atoms with van der Waals surface area (Å²) in [6.45, 7) is 1.75. The number of anilines is 1. The maximum absolute atomic E-state index is 12.6. The van der Waals surface area contributed by atoms with Crippen molar-refractivity contribution in [3.63, 3.8) is 0 Å². The number of para-hydroxylation sites is 1. The van der Waals surface area contributed by atoms with E-state index in [0.29, 0.717) is 12.1 Å². The van der Waals surface area contributed by atoms with Gasteiger partial charge in [0, 0.05) is 5.69 Å². The molecule has 24 heavy (non-hydrogen) atoms. The van der Waals surface area contributed by atoms with Crippen molar-refractivity contribution in [2.24, 2.45) is 0 Å². The summed E-state index contributed by atoms with van der Waals surface area (Å²) in [5.41, 5.74) is 0.376. The van der Waals surface area contributed by atoms with Gasteiger partial charge in [0.25, 0.3) is 10.0 Å². The second kappa shape index (κ2) is 7.23. The van der Waals surface area contributed by atoms with Crippen molar-refractivity contribution in [2.45, 2.75) is 23.1 Å². The predicted octanol–water partition coefficient (Wildman–Crippen LogP) is 2.68. The summed E-state index contributed by atoms with van der Waals surface area (Å²) in [7, 11) is -6.20. The molecule has 130 valence electrons. The quantitative estimate of drug-likeness (QED) is 0.810. The second-order valence-electron chi connectivity index (χ2n) is 5.10. The number of sulfone groups is 1. The molecule has 6 nitrogen and oxygen atoms in total. The van der Waals surface area contributed by atoms with Crippen LogP contribution in [0, 0.1) is 0 Å². The minimum absolute atomic E-state index is 0.0430. The number of rotatable bonds is 7. The van der Waals surface area contributed by atoms with Crippen LogP contribution in [0.25, 0.3) is 0 Å². The zero-order chi connectivity index (χ0) is 17.8. The van der Waals surface area contributed by atoms with Crippen molar-refractivity contribution in [3.8, 4) is 5.75 Å². The molecular formula is C16H19NO5S2. The van der Waals surface area contributed by atoms with Gasteiger partial charge in [0.2, 0.25) is 0 Å². The predicted molar refractivity (Wildman–Crippen MR) is 92.6 cm³/mol. The highest BCUT2D eigenvalue weighted by molar-refractivity contribution is 7.93. The Balaban J connectivity index is 2.51. The van der Waals surface area contributed by atoms with Crippen LogP contribution in [0.5, 0.6) is 5.75 Å². The van der Waals surface area contributed by atoms with Crippen molar-refractivity contribution in [1.29, 1.82) is 0 Å². The van der Waals surface area contributed by atoms with Gasteiger partial charge < -0.3 is 4.74 Å². The fourth-order valence-electron chi connectivity index (χ4n) is 2.16. The van der Waals surface area contributed by atoms with Crippen LogP contribution in [0.1, 0.15) is 13.3 Å². The first-order valence-electron chi connectivity index (χ1n) is 7.29. The Morgan fingerprint density at radius 1 is 1.00 bits per heavy atom. The summed E-state index contributed by atoms with van der Waals surface area (Å²) >= 11 is 0. The third-order valence-electron chi connectivity index (χ3n) is 3.28. The number of nitrogens with one attached hydrogen (secondary N) is 1. The monoisotopic (exact) mass is 369 g/mol. The van der Waals surface area contributed by atoms with Gasteiger partial charge in [-0.2, -0.15) is 0 Å². The lowest BCUT2D eigenvalue weighted by Gasteiger charge is -2.13. The van der Waals surface area contributed by atoms with Crippen LogP contribution in [0.4, 0.5) is 5.69 Å². The molecule has 2 aromatic rings. The number of methoxy groups -OCH3 is 1. The smallest absolute Gasteiger partial charge is 0.265 e. The molecule has 0 aliphatic rings. The summed E-state index contributed by atoms with van der Waals surface area (Å²) in [5.74, 6) is 0.0270. The Morgan fingerprint density at radius 2 is 1.67 bits per heavy atom. The second-order valence-corrected chi connectivity index (χ2v) is 8.86. The van der Waals surface area contributed by atoms with E-state index < -0.39 is 19.9 Å². The minimum Gasteiger partial charge on any atom is -0.495 e. The molecule has 0 spiro atoms. The number of sulfonamides is 1. The Labute approximate surface area is 142 Å². The molecule has 0 heterocycles. The van der Waals surface area contributed by atoms with Crippen molar-refractivity contribution in [2.75, 3.05) is 17.6 Å². The first-order valence-corrected chi connectivity index (χ1v) is 10.4. The van der Waals surface area contributed by atoms with Gasteiger partial charge in [-0.3, -0.25) is 4.72 Å². The topological polar surface area (TPSA) is 89.5 Å². The van der Waals surface area contributed by atoms with Gasteiger partial charge in [-0.25, -0.2) is 16.8 Å². The molecule has 0 saturated heterocycles. The highest BCUT2D eigenvalue weighted by Crippen LogP contribution is 2.29. The van der Waals surface area contributed by atoms with Gasteiger partial charge in [-0.1, -0.05) is 25.1 Å². The van der Waals surface area contributed by atoms with Gasteiger partial charge in [0.1, 0.15) is 10.6 Å². The van der Waals surface area contributed by atoms with Crippen LogP contribution in [-0.4, -0.2) is 29.7 Å². The van der Waals surface area contributed by atoms with E-state index in [1.165, 1.54) is 19.2 Å². The van der Waals surface area contributed by atoms with Gasteiger partial charge in [-0.15, -0.1) is 0 Å². The third-order valence-corrected chi connectivity index (χ3v) is 6.60. The van der Waals surface area contributed by atoms with Crippen LogP contribution in [0.3, 0.4) is 0 Å². The molecule has 0 aliphatic heterocycles. The summed E-state index contributed by atoms with van der Waals surface area (Å²) in [6.07, 6.45) is 0.443. The molecule has 0 radical (unpaired) electrons. The zero-order valence-corrected chi connectivity index (χ0v) is 15.0. The van der Waals surface area contributed by atoms with E-state index >= 15 is 0 Å². The Morgan fingerprint density at radius 3 is 2.25 bits per heavy atom. The lowest BCUT2D eigenvalue weighted by molar-refractivity contribution is 0.402. The first-order chi connectivity index (χ1) is 11.3. The minimum atomic E-state index is -3.99. The standard InChI is InChI=1S/C16H19NO5S2/c1-3-11-23(18,19)14-9-10-15(22-2)16(12-14)24(20,21)17-13-7-5-4-6-8-13/h4-10,12,17H,3,11H2,1-2H3. The SMILES string of the molecule is CCCS(=O)(=O)c1ccc(OC)c(S(=O)(=O)Nc2ccccc2)c1. The first kappa shape index (κ1) is 18.3. The normalized spacial score (nSPS) is 11.9. The molecule has 0 bridgehead atoms. The van der Waals surface area contributed by atoms with E-state index in [0.717, 1.165) is 6.07 Å². The van der Waals surface area contributed by atoms with E-state index in [2.05, 4.69) is 4.72 Å². The molecule has 2 rings (SSSR count). The van der Waals surface area contributed by atoms with Crippen molar-refractivity contribution < 1.29 is 21.6 Å². The van der Waals surface area contributed by atoms with E-state index in [9.17, 15) is 16.8 Å². The molecule has 0 fully saturated rings. The molecule has 0 saturated carbocycles. The fraction of sp³-hybridized carbons (Fsp3) is 0.250. The van der Waals surface area contributed by atoms with E-state index in [1.807, 2.05) is 0 Å². The van der Waals surface area contributed by atoms with Gasteiger partial charge in [0.15, 0.2) is 9.84 Å². The van der Waals surface area contributed by atoms with Gasteiger partial charge >= 0.3 is 0 Å². The molecule has 0 amide bonds. The van der Waals surface area contributed by atoms with Crippen LogP contribution >= 0.6 is 0 Å². The lowest BCUT2D eigenvalue weighted by atomic mass is 10.3. The van der Waals surface area contributed by atoms with Crippen molar-refractivity contribution in [1.82, 2.24) is 0 Å². The van der Waals surface area contributed by atoms with Crippen LogP contribution in [0.15, 0.2) is 58.3 Å². The van der Waals surface area contributed by atoms with E-state index in [1.54, 1.807) is 37.3 Å². The molecule has 8 heteroatoms. The highest BCUT2D eigenvalue weighted by atomic mass is 32.2. The lowest BCUT2D eigenvalue weighted by Crippen LogP contribution is -2.15. The van der Waals surface area contributed by atoms with E-state index in [-0.39, 0.29) is 21.3 Å². The third kappa shape index (κ3) is 4.07. The van der Waals surface area contributed by atoms with Crippen molar-refractivity contribution >= 4 is 25.5 Å². The average Bonchev–Trinajstić information content (AvgIpc) is 2.54. The maximum Gasteiger partial charge on any atom is 0.265 e. The maximum atomic E-state index is 12.6. The highest BCUT2D eigenvalue weighted by Gasteiger charge is 2.23. The molecular weight excluding hydrogens is 350 g/mol. The van der Waals surface area contributed by atoms with Crippen molar-refractivity contribution in [3.05, 3.63) is 48.5 Å². The number of ether oxygens (including phenoxy) is 1. The van der Waals surface area contributed by atoms with Gasteiger partial charge in [-0.05, 0) is 36.8 Å². The Bertz CT molecular complexity index is 907. The Hall–Kier alpha value is -2.06. The summed E-state index contributed by atoms with van der Waals surface area (Å²) in [5, 5.41) is 0. The van der Waals surface area contributed by atoms with Crippen LogP contribution < -0.4 is 9.46 Å². The van der Waals surface area contributed by atoms with Crippen LogP contribution in [-0.2, 0) is 19.9 Å². The Kier molecular flexibility index (Phi) is 5.51. The largest absolute Gasteiger partial charge is 0.495 e. The average molecular weight is 369 g/mol. The number of hydrogen-bond acceptors (Lipinski definition) is 5. The fourth-order valence-corrected chi connectivity index (χ4v) is 4.84.